The largest absolute Gasteiger partial charge is 0.493 e. The van der Waals surface area contributed by atoms with Crippen LogP contribution in [0.25, 0.3) is 0 Å². The van der Waals surface area contributed by atoms with Crippen molar-refractivity contribution >= 4 is 35.8 Å². The molecule has 4 N–H and O–H groups in total. The van der Waals surface area contributed by atoms with Crippen LogP contribution in [0.15, 0.2) is 60.7 Å². The fraction of sp³-hybridized carbons (Fsp3) is 0.474. The first kappa shape index (κ1) is 63.6. The van der Waals surface area contributed by atoms with E-state index in [1.54, 1.807) is 56.9 Å². The zero-order valence-corrected chi connectivity index (χ0v) is 46.8. The van der Waals surface area contributed by atoms with E-state index in [0.717, 1.165) is 56.3 Å². The van der Waals surface area contributed by atoms with Gasteiger partial charge in [0.1, 0.15) is 12.1 Å². The number of unbranched alkanes of at least 4 members (excludes halogenated alkanes) is 2. The van der Waals surface area contributed by atoms with Crippen molar-refractivity contribution in [3.8, 4) is 46.0 Å². The van der Waals surface area contributed by atoms with E-state index in [2.05, 4.69) is 50.5 Å². The molecule has 0 bridgehead atoms. The smallest absolute Gasteiger partial charge is 0.414 e. The maximum absolute atomic E-state index is 13.2. The van der Waals surface area contributed by atoms with Crippen LogP contribution in [-0.4, -0.2) is 176 Å². The number of fused-ring (bicyclic) bond motifs is 2. The highest BCUT2D eigenvalue weighted by atomic mass is 16.5. The van der Waals surface area contributed by atoms with Gasteiger partial charge in [0.2, 0.25) is 0 Å². The minimum atomic E-state index is -1.82. The molecule has 0 saturated heterocycles. The highest BCUT2D eigenvalue weighted by Crippen LogP contribution is 2.45. The first-order chi connectivity index (χ1) is 37.6. The fourth-order valence-electron chi connectivity index (χ4n) is 9.91. The number of nitrogens with zero attached hydrogens (tertiary/aromatic N) is 2. The molecule has 6 rings (SSSR count). The minimum Gasteiger partial charge on any atom is -0.493 e. The number of carboxylic acids is 4. The summed E-state index contributed by atoms with van der Waals surface area (Å²) in [7, 11) is 17.6. The van der Waals surface area contributed by atoms with Crippen molar-refractivity contribution in [1.29, 1.82) is 0 Å². The summed E-state index contributed by atoms with van der Waals surface area (Å²) in [6.45, 7) is 3.57. The number of hydrogen-bond acceptors (Lipinski definition) is 16. The van der Waals surface area contributed by atoms with Crippen LogP contribution in [0.2, 0.25) is 0 Å². The van der Waals surface area contributed by atoms with E-state index in [1.165, 1.54) is 22.3 Å². The summed E-state index contributed by atoms with van der Waals surface area (Å²) in [5.74, 6) is -2.24. The Balaban J connectivity index is 0.00000101. The van der Waals surface area contributed by atoms with E-state index < -0.39 is 23.9 Å². The number of rotatable bonds is 24. The molecule has 0 spiro atoms. The number of aliphatic carboxylic acids is 4. The van der Waals surface area contributed by atoms with E-state index in [0.29, 0.717) is 107 Å². The topological polar surface area (TPSA) is 276 Å². The standard InChI is InChI=1S/C53H72N2O12.2C2H2O4/c1-54(22-18-38-32-48(62-7)50(64-9)34-40(38)42(54)28-36-14-16-44(58-3)46(30-36)60-5)24-20-52(56)66-26-12-11-13-27-67-53(57)21-25-55(2)23-19-39-33-49(63-8)51(65-10)35-41(39)43(55)29-37-15-17-45(59-4)47(31-37)61-6;2*3-1(4)2(5)6/h14-17,30-35,42-43H,11-13,18-29H2,1-10H3;2*(H,3,4)(H,5,6)/q+2;;/t42-,43-,54?,55?;;/m1../s1. The number of esters is 2. The summed E-state index contributed by atoms with van der Waals surface area (Å²) >= 11 is 0. The van der Waals surface area contributed by atoms with E-state index in [4.69, 9.17) is 87.0 Å². The molecule has 2 heterocycles. The lowest BCUT2D eigenvalue weighted by molar-refractivity contribution is -0.940. The average Bonchev–Trinajstić information content (AvgIpc) is 3.60. The Morgan fingerprint density at radius 3 is 1.04 bits per heavy atom. The Bertz CT molecular complexity index is 2540. The van der Waals surface area contributed by atoms with Crippen LogP contribution < -0.4 is 37.9 Å². The van der Waals surface area contributed by atoms with Gasteiger partial charge in [-0.25, -0.2) is 19.2 Å². The molecule has 4 aromatic rings. The molecule has 2 unspecified atom stereocenters. The third-order valence-corrected chi connectivity index (χ3v) is 14.4. The number of hydrogen-bond donors (Lipinski definition) is 4. The minimum absolute atomic E-state index is 0.0393. The van der Waals surface area contributed by atoms with Crippen molar-refractivity contribution in [2.45, 2.75) is 69.9 Å². The second-order valence-electron chi connectivity index (χ2n) is 19.2. The van der Waals surface area contributed by atoms with Crippen molar-refractivity contribution in [1.82, 2.24) is 0 Å². The molecule has 432 valence electrons. The lowest BCUT2D eigenvalue weighted by atomic mass is 9.86. The van der Waals surface area contributed by atoms with Gasteiger partial charge in [-0.05, 0) is 90.0 Å². The quantitative estimate of drug-likeness (QED) is 0.0256. The number of carbonyl (C=O) groups is 6. The fourth-order valence-corrected chi connectivity index (χ4v) is 9.91. The molecule has 0 fully saturated rings. The molecular formula is C57H76N2O20+2. The van der Waals surface area contributed by atoms with E-state index in [1.807, 2.05) is 24.3 Å². The summed E-state index contributed by atoms with van der Waals surface area (Å²) in [5, 5.41) is 29.6. The maximum atomic E-state index is 13.2. The number of carbonyl (C=O) groups excluding carboxylic acids is 2. The van der Waals surface area contributed by atoms with Crippen molar-refractivity contribution in [2.24, 2.45) is 0 Å². The molecule has 4 aromatic carbocycles. The summed E-state index contributed by atoms with van der Waals surface area (Å²) in [6, 6.07) is 20.5. The third-order valence-electron chi connectivity index (χ3n) is 14.4. The Morgan fingerprint density at radius 2 is 0.734 bits per heavy atom. The van der Waals surface area contributed by atoms with Gasteiger partial charge in [0.15, 0.2) is 46.0 Å². The Morgan fingerprint density at radius 1 is 0.430 bits per heavy atom. The summed E-state index contributed by atoms with van der Waals surface area (Å²) in [4.78, 5) is 62.8. The van der Waals surface area contributed by atoms with Gasteiger partial charge in [-0.3, -0.25) is 9.59 Å². The second kappa shape index (κ2) is 30.2. The number of methoxy groups -OCH3 is 8. The zero-order chi connectivity index (χ0) is 58.5. The lowest BCUT2D eigenvalue weighted by Crippen LogP contribution is -2.53. The zero-order valence-electron chi connectivity index (χ0n) is 46.8. The normalized spacial score (nSPS) is 17.7. The van der Waals surface area contributed by atoms with Crippen LogP contribution in [0.1, 0.15) is 77.6 Å². The highest BCUT2D eigenvalue weighted by Gasteiger charge is 2.42. The molecule has 0 amide bonds. The summed E-state index contributed by atoms with van der Waals surface area (Å²) in [5.41, 5.74) is 7.00. The molecule has 22 heteroatoms. The van der Waals surface area contributed by atoms with Crippen LogP contribution in [0.4, 0.5) is 0 Å². The predicted octanol–water partition coefficient (Wildman–Crippen LogP) is 6.38. The number of likely N-dealkylation sites (N-methyl/N-ethyl adjacent to an activating group) is 2. The van der Waals surface area contributed by atoms with Crippen molar-refractivity contribution in [3.63, 3.8) is 0 Å². The van der Waals surface area contributed by atoms with E-state index in [-0.39, 0.29) is 24.0 Å². The first-order valence-electron chi connectivity index (χ1n) is 25.5. The van der Waals surface area contributed by atoms with Crippen LogP contribution in [0.3, 0.4) is 0 Å². The molecule has 2 aliphatic rings. The lowest BCUT2D eigenvalue weighted by Gasteiger charge is -2.46. The van der Waals surface area contributed by atoms with Crippen LogP contribution in [0, 0.1) is 0 Å². The number of quaternary nitrogens is 2. The second-order valence-corrected chi connectivity index (χ2v) is 19.2. The van der Waals surface area contributed by atoms with Crippen LogP contribution in [0.5, 0.6) is 46.0 Å². The Labute approximate surface area is 460 Å². The molecule has 4 atom stereocenters. The molecule has 0 aliphatic carbocycles. The van der Waals surface area contributed by atoms with Crippen LogP contribution in [-0.2, 0) is 63.9 Å². The van der Waals surface area contributed by atoms with Gasteiger partial charge in [-0.15, -0.1) is 0 Å². The van der Waals surface area contributed by atoms with Gasteiger partial charge in [0.05, 0.1) is 123 Å². The van der Waals surface area contributed by atoms with Crippen molar-refractivity contribution in [3.05, 3.63) is 94.0 Å². The van der Waals surface area contributed by atoms with Gasteiger partial charge >= 0.3 is 35.8 Å². The van der Waals surface area contributed by atoms with Crippen molar-refractivity contribution in [2.75, 3.05) is 110 Å². The number of carboxylic acid groups (broad SMARTS) is 4. The molecule has 2 aliphatic heterocycles. The molecule has 0 radical (unpaired) electrons. The monoisotopic (exact) mass is 1110 g/mol. The predicted molar refractivity (Wildman–Crippen MR) is 286 cm³/mol. The average molecular weight is 1110 g/mol. The SMILES string of the molecule is COc1ccc(C[C@@H]2c3cc(OC)c(OC)cc3CC[N+]2(C)CCC(=O)OCCCCCOC(=O)CC[N+]2(C)CCc3cc(OC)c(OC)cc3[C@H]2Cc2ccc(OC)c(OC)c2)cc1OC.O=C(O)C(=O)O.O=C(O)C(=O)O. The maximum Gasteiger partial charge on any atom is 0.414 e. The molecule has 79 heavy (non-hydrogen) atoms. The third kappa shape index (κ3) is 17.5. The van der Waals surface area contributed by atoms with Crippen molar-refractivity contribution < 1.29 is 106 Å². The molecular weight excluding hydrogens is 1030 g/mol. The Hall–Kier alpha value is -7.98. The summed E-state index contributed by atoms with van der Waals surface area (Å²) < 4.78 is 57.8. The first-order valence-corrected chi connectivity index (χ1v) is 25.5. The van der Waals surface area contributed by atoms with Gasteiger partial charge in [0, 0.05) is 36.8 Å². The van der Waals surface area contributed by atoms with Gasteiger partial charge < -0.3 is 76.8 Å². The summed E-state index contributed by atoms with van der Waals surface area (Å²) in [6.07, 6.45) is 5.85. The molecule has 22 nitrogen and oxygen atoms in total. The molecule has 0 saturated carbocycles. The Kier molecular flexibility index (Phi) is 24.3. The number of ether oxygens (including phenoxy) is 10. The van der Waals surface area contributed by atoms with Gasteiger partial charge in [-0.1, -0.05) is 12.1 Å². The number of benzene rings is 4. The highest BCUT2D eigenvalue weighted by molar-refractivity contribution is 6.27. The van der Waals surface area contributed by atoms with Crippen LogP contribution >= 0.6 is 0 Å². The molecule has 0 aromatic heterocycles. The van der Waals surface area contributed by atoms with Gasteiger partial charge in [0.25, 0.3) is 0 Å². The van der Waals surface area contributed by atoms with E-state index >= 15 is 0 Å². The van der Waals surface area contributed by atoms with Gasteiger partial charge in [-0.2, -0.15) is 0 Å². The van der Waals surface area contributed by atoms with E-state index in [9.17, 15) is 9.59 Å².